The second-order valence-corrected chi connectivity index (χ2v) is 8.16. The van der Waals surface area contributed by atoms with Crippen molar-refractivity contribution in [2.45, 2.75) is 40.7 Å². The van der Waals surface area contributed by atoms with Crippen LogP contribution in [0.25, 0.3) is 5.65 Å². The Balaban J connectivity index is 1.62. The summed E-state index contributed by atoms with van der Waals surface area (Å²) in [6, 6.07) is 14.1. The highest BCUT2D eigenvalue weighted by atomic mass is 16.5. The quantitative estimate of drug-likeness (QED) is 0.491. The van der Waals surface area contributed by atoms with Gasteiger partial charge in [-0.2, -0.15) is 5.10 Å². The number of carbonyl (C=O) groups is 1. The van der Waals surface area contributed by atoms with Crippen LogP contribution in [-0.4, -0.2) is 27.6 Å². The van der Waals surface area contributed by atoms with Gasteiger partial charge in [0.05, 0.1) is 13.3 Å². The van der Waals surface area contributed by atoms with Crippen LogP contribution in [0.1, 0.15) is 49.6 Å². The molecule has 0 fully saturated rings. The Morgan fingerprint density at radius 1 is 1.06 bits per heavy atom. The molecular weight excluding hydrogens is 400 g/mol. The zero-order valence-corrected chi connectivity index (χ0v) is 19.2. The summed E-state index contributed by atoms with van der Waals surface area (Å²) >= 11 is 0. The van der Waals surface area contributed by atoms with Crippen molar-refractivity contribution < 1.29 is 9.53 Å². The van der Waals surface area contributed by atoms with E-state index < -0.39 is 0 Å². The van der Waals surface area contributed by atoms with Crippen LogP contribution in [0, 0.1) is 27.7 Å². The second-order valence-electron chi connectivity index (χ2n) is 8.16. The van der Waals surface area contributed by atoms with Gasteiger partial charge in [0.15, 0.2) is 5.65 Å². The van der Waals surface area contributed by atoms with E-state index >= 15 is 0 Å². The number of amides is 1. The summed E-state index contributed by atoms with van der Waals surface area (Å²) in [7, 11) is 1.62. The van der Waals surface area contributed by atoms with E-state index in [4.69, 9.17) is 9.72 Å². The van der Waals surface area contributed by atoms with Crippen molar-refractivity contribution in [2.24, 2.45) is 0 Å². The van der Waals surface area contributed by atoms with Crippen LogP contribution in [0.5, 0.6) is 5.75 Å². The molecule has 0 atom stereocenters. The first-order chi connectivity index (χ1) is 15.4. The lowest BCUT2D eigenvalue weighted by Crippen LogP contribution is -2.23. The maximum atomic E-state index is 12.9. The van der Waals surface area contributed by atoms with Crippen LogP contribution in [-0.2, 0) is 13.0 Å². The molecular formula is C26H28N4O2. The molecule has 0 bridgehead atoms. The van der Waals surface area contributed by atoms with E-state index in [1.54, 1.807) is 17.8 Å². The van der Waals surface area contributed by atoms with Crippen LogP contribution >= 0.6 is 0 Å². The molecule has 4 aromatic rings. The number of nitrogens with one attached hydrogen (secondary N) is 1. The lowest BCUT2D eigenvalue weighted by atomic mass is 9.97. The van der Waals surface area contributed by atoms with Crippen molar-refractivity contribution >= 4 is 11.6 Å². The van der Waals surface area contributed by atoms with Gasteiger partial charge in [0.1, 0.15) is 11.3 Å². The molecule has 6 heteroatoms. The van der Waals surface area contributed by atoms with Gasteiger partial charge in [-0.3, -0.25) is 4.79 Å². The third-order valence-electron chi connectivity index (χ3n) is 5.96. The van der Waals surface area contributed by atoms with Gasteiger partial charge in [0.25, 0.3) is 5.91 Å². The van der Waals surface area contributed by atoms with Gasteiger partial charge in [-0.15, -0.1) is 0 Å². The lowest BCUT2D eigenvalue weighted by Gasteiger charge is -2.14. The fourth-order valence-corrected chi connectivity index (χ4v) is 4.03. The SMILES string of the molecule is COc1ccccc1CNC(=O)c1cnn2c(C)c(Cc3cc(C)ccc3C)c(C)nc12. The molecule has 0 spiro atoms. The van der Waals surface area contributed by atoms with E-state index in [9.17, 15) is 4.79 Å². The molecule has 0 unspecified atom stereocenters. The average Bonchev–Trinajstić information content (AvgIpc) is 3.21. The molecule has 164 valence electrons. The van der Waals surface area contributed by atoms with Gasteiger partial charge in [-0.1, -0.05) is 42.0 Å². The van der Waals surface area contributed by atoms with Crippen LogP contribution in [0.15, 0.2) is 48.7 Å². The van der Waals surface area contributed by atoms with E-state index in [1.165, 1.54) is 16.7 Å². The molecule has 0 saturated heterocycles. The highest BCUT2D eigenvalue weighted by Gasteiger charge is 2.19. The predicted octanol–water partition coefficient (Wildman–Crippen LogP) is 4.49. The number of para-hydroxylation sites is 1. The highest BCUT2D eigenvalue weighted by molar-refractivity contribution is 5.99. The topological polar surface area (TPSA) is 68.5 Å². The van der Waals surface area contributed by atoms with Crippen molar-refractivity contribution in [1.29, 1.82) is 0 Å². The van der Waals surface area contributed by atoms with E-state index in [-0.39, 0.29) is 5.91 Å². The normalized spacial score (nSPS) is 11.0. The van der Waals surface area contributed by atoms with Gasteiger partial charge in [0.2, 0.25) is 0 Å². The van der Waals surface area contributed by atoms with E-state index in [0.717, 1.165) is 34.7 Å². The third kappa shape index (κ3) is 4.08. The smallest absolute Gasteiger partial charge is 0.257 e. The van der Waals surface area contributed by atoms with Gasteiger partial charge < -0.3 is 10.1 Å². The minimum absolute atomic E-state index is 0.209. The molecule has 0 aliphatic heterocycles. The number of aromatic nitrogens is 3. The predicted molar refractivity (Wildman–Crippen MR) is 125 cm³/mol. The molecule has 32 heavy (non-hydrogen) atoms. The van der Waals surface area contributed by atoms with E-state index in [1.807, 2.05) is 38.1 Å². The molecule has 1 amide bonds. The standard InChI is InChI=1S/C26H28N4O2/c1-16-10-11-17(2)21(12-16)13-22-18(3)29-25-23(15-28-30(25)19(22)4)26(31)27-14-20-8-6-7-9-24(20)32-5/h6-12,15H,13-14H2,1-5H3,(H,27,31). The molecule has 1 N–H and O–H groups in total. The largest absolute Gasteiger partial charge is 0.496 e. The fourth-order valence-electron chi connectivity index (χ4n) is 4.03. The minimum atomic E-state index is -0.209. The first-order valence-electron chi connectivity index (χ1n) is 10.7. The number of rotatable bonds is 6. The van der Waals surface area contributed by atoms with Crippen molar-refractivity contribution in [3.05, 3.63) is 93.4 Å². The molecule has 4 rings (SSSR count). The number of nitrogens with zero attached hydrogens (tertiary/aromatic N) is 3. The van der Waals surface area contributed by atoms with Crippen molar-refractivity contribution in [2.75, 3.05) is 7.11 Å². The lowest BCUT2D eigenvalue weighted by molar-refractivity contribution is 0.0952. The first kappa shape index (κ1) is 21.6. The van der Waals surface area contributed by atoms with Crippen molar-refractivity contribution in [1.82, 2.24) is 19.9 Å². The Bertz CT molecular complexity index is 1310. The zero-order chi connectivity index (χ0) is 22.8. The van der Waals surface area contributed by atoms with Crippen molar-refractivity contribution in [3.8, 4) is 5.75 Å². The summed E-state index contributed by atoms with van der Waals surface area (Å²) in [5.74, 6) is 0.535. The molecule has 2 aromatic carbocycles. The molecule has 2 aromatic heterocycles. The first-order valence-corrected chi connectivity index (χ1v) is 10.7. The van der Waals surface area contributed by atoms with Crippen LogP contribution < -0.4 is 10.1 Å². The number of ether oxygens (including phenoxy) is 1. The molecule has 0 radical (unpaired) electrons. The Morgan fingerprint density at radius 2 is 1.84 bits per heavy atom. The fraction of sp³-hybridized carbons (Fsp3) is 0.269. The third-order valence-corrected chi connectivity index (χ3v) is 5.96. The molecule has 0 aliphatic carbocycles. The van der Waals surface area contributed by atoms with Gasteiger partial charge >= 0.3 is 0 Å². The Hall–Kier alpha value is -3.67. The number of fused-ring (bicyclic) bond motifs is 1. The number of hydrogen-bond donors (Lipinski definition) is 1. The summed E-state index contributed by atoms with van der Waals surface area (Å²) < 4.78 is 7.14. The van der Waals surface area contributed by atoms with Gasteiger partial charge in [-0.25, -0.2) is 9.50 Å². The van der Waals surface area contributed by atoms with Crippen LogP contribution in [0.2, 0.25) is 0 Å². The monoisotopic (exact) mass is 428 g/mol. The minimum Gasteiger partial charge on any atom is -0.496 e. The Kier molecular flexibility index (Phi) is 5.95. The van der Waals surface area contributed by atoms with E-state index in [2.05, 4.69) is 42.5 Å². The van der Waals surface area contributed by atoms with Gasteiger partial charge in [-0.05, 0) is 50.5 Å². The number of aryl methyl sites for hydroxylation is 4. The van der Waals surface area contributed by atoms with Gasteiger partial charge in [0, 0.05) is 29.9 Å². The summed E-state index contributed by atoms with van der Waals surface area (Å²) in [6.45, 7) is 8.63. The maximum Gasteiger partial charge on any atom is 0.257 e. The Morgan fingerprint density at radius 3 is 2.62 bits per heavy atom. The average molecular weight is 429 g/mol. The maximum absolute atomic E-state index is 12.9. The zero-order valence-electron chi connectivity index (χ0n) is 19.2. The number of carbonyl (C=O) groups excluding carboxylic acids is 1. The molecule has 2 heterocycles. The number of benzene rings is 2. The second kappa shape index (κ2) is 8.83. The highest BCUT2D eigenvalue weighted by Crippen LogP contribution is 2.23. The number of methoxy groups -OCH3 is 1. The summed E-state index contributed by atoms with van der Waals surface area (Å²) in [4.78, 5) is 17.7. The molecule has 6 nitrogen and oxygen atoms in total. The summed E-state index contributed by atoms with van der Waals surface area (Å²) in [5, 5.41) is 7.44. The van der Waals surface area contributed by atoms with E-state index in [0.29, 0.717) is 17.8 Å². The van der Waals surface area contributed by atoms with Crippen molar-refractivity contribution in [3.63, 3.8) is 0 Å². The molecule has 0 saturated carbocycles. The summed E-state index contributed by atoms with van der Waals surface area (Å²) in [5.41, 5.74) is 8.76. The summed E-state index contributed by atoms with van der Waals surface area (Å²) in [6.07, 6.45) is 2.37. The van der Waals surface area contributed by atoms with Crippen LogP contribution in [0.4, 0.5) is 0 Å². The molecule has 0 aliphatic rings. The Labute approximate surface area is 188 Å². The number of hydrogen-bond acceptors (Lipinski definition) is 4. The van der Waals surface area contributed by atoms with Crippen LogP contribution in [0.3, 0.4) is 0 Å².